The van der Waals surface area contributed by atoms with Gasteiger partial charge in [0.15, 0.2) is 10.00 Å². The zero-order valence-corrected chi connectivity index (χ0v) is 24.5. The van der Waals surface area contributed by atoms with Gasteiger partial charge < -0.3 is 25.8 Å². The molecule has 3 amide bonds. The van der Waals surface area contributed by atoms with Crippen LogP contribution in [0.4, 0.5) is 10.2 Å². The first kappa shape index (κ1) is 30.8. The van der Waals surface area contributed by atoms with E-state index in [-0.39, 0.29) is 47.0 Å². The topological polar surface area (TPSA) is 120 Å². The maximum Gasteiger partial charge on any atom is 0.284 e. The van der Waals surface area contributed by atoms with Crippen molar-refractivity contribution in [2.75, 3.05) is 33.0 Å². The van der Waals surface area contributed by atoms with Crippen molar-refractivity contribution in [1.29, 1.82) is 0 Å². The Morgan fingerprint density at radius 1 is 1.18 bits per heavy atom. The molecule has 0 spiro atoms. The molecule has 0 bridgehead atoms. The minimum atomic E-state index is -0.594. The van der Waals surface area contributed by atoms with E-state index in [4.69, 9.17) is 12.2 Å². The average Bonchev–Trinajstić information content (AvgIpc) is 3.19. The van der Waals surface area contributed by atoms with Crippen molar-refractivity contribution in [2.45, 2.75) is 50.7 Å². The number of fused-ring (bicyclic) bond motifs is 1. The number of thiocarbonyl (C=S) groups is 1. The number of amides is 3. The van der Waals surface area contributed by atoms with Crippen molar-refractivity contribution in [3.05, 3.63) is 39.7 Å². The van der Waals surface area contributed by atoms with E-state index in [1.54, 1.807) is 19.0 Å². The van der Waals surface area contributed by atoms with Crippen molar-refractivity contribution in [3.63, 3.8) is 0 Å². The molecule has 39 heavy (non-hydrogen) atoms. The Labute approximate surface area is 242 Å². The van der Waals surface area contributed by atoms with Crippen molar-refractivity contribution in [2.24, 2.45) is 5.92 Å². The van der Waals surface area contributed by atoms with E-state index >= 15 is 0 Å². The smallest absolute Gasteiger partial charge is 0.284 e. The van der Waals surface area contributed by atoms with Crippen LogP contribution in [0.25, 0.3) is 0 Å². The largest absolute Gasteiger partial charge is 0.367 e. The molecule has 3 atom stereocenters. The van der Waals surface area contributed by atoms with Gasteiger partial charge in [0.25, 0.3) is 11.8 Å². The fraction of sp³-hybridized carbons (Fsp3) is 0.520. The number of anilines is 1. The molecule has 1 aliphatic heterocycles. The van der Waals surface area contributed by atoms with Crippen molar-refractivity contribution in [3.8, 4) is 0 Å². The zero-order valence-electron chi connectivity index (χ0n) is 22.0. The molecule has 0 aromatic carbocycles. The molecule has 2 aliphatic rings. The Morgan fingerprint density at radius 2 is 1.95 bits per heavy atom. The lowest BCUT2D eigenvalue weighted by molar-refractivity contribution is -0.134. The maximum atomic E-state index is 13.3. The summed E-state index contributed by atoms with van der Waals surface area (Å²) in [6.45, 7) is 1.76. The lowest BCUT2D eigenvalue weighted by Gasteiger charge is -2.37. The van der Waals surface area contributed by atoms with Gasteiger partial charge in [-0.2, -0.15) is 0 Å². The third-order valence-corrected chi connectivity index (χ3v) is 8.17. The quantitative estimate of drug-likeness (QED) is 0.450. The number of rotatable bonds is 5. The van der Waals surface area contributed by atoms with Gasteiger partial charge in [-0.15, -0.1) is 23.7 Å². The molecule has 4 rings (SSSR count). The first-order chi connectivity index (χ1) is 18.1. The van der Waals surface area contributed by atoms with E-state index in [0.29, 0.717) is 24.3 Å². The van der Waals surface area contributed by atoms with Crippen LogP contribution < -0.4 is 16.0 Å². The van der Waals surface area contributed by atoms with Crippen LogP contribution in [0.5, 0.6) is 0 Å². The minimum Gasteiger partial charge on any atom is -0.367 e. The molecule has 1 fully saturated rings. The van der Waals surface area contributed by atoms with Gasteiger partial charge in [-0.1, -0.05) is 12.2 Å². The summed E-state index contributed by atoms with van der Waals surface area (Å²) in [5, 5.41) is 9.06. The van der Waals surface area contributed by atoms with Crippen LogP contribution in [0.2, 0.25) is 0 Å². The SMILES string of the molecule is CN1CCCc2nc(C(=O)N[C@@H]3C[C@@H](C(=O)N(C)C)CC[C@@H]3NC(=S)C(=O)Nc3ccc(F)cn3)sc2C1.Cl. The Morgan fingerprint density at radius 3 is 2.64 bits per heavy atom. The molecule has 0 unspecified atom stereocenters. The first-order valence-corrected chi connectivity index (χ1v) is 13.8. The summed E-state index contributed by atoms with van der Waals surface area (Å²) in [6, 6.07) is 1.70. The molecule has 14 heteroatoms. The molecular weight excluding hydrogens is 565 g/mol. The van der Waals surface area contributed by atoms with Gasteiger partial charge in [-0.05, 0) is 57.8 Å². The Hall–Kier alpha value is -2.74. The monoisotopic (exact) mass is 597 g/mol. The van der Waals surface area contributed by atoms with E-state index in [2.05, 4.69) is 37.9 Å². The van der Waals surface area contributed by atoms with Gasteiger partial charge >= 0.3 is 0 Å². The predicted octanol–water partition coefficient (Wildman–Crippen LogP) is 2.39. The molecule has 2 aromatic rings. The van der Waals surface area contributed by atoms with Gasteiger partial charge in [0.05, 0.1) is 17.9 Å². The Kier molecular flexibility index (Phi) is 10.7. The van der Waals surface area contributed by atoms with E-state index in [1.165, 1.54) is 23.5 Å². The summed E-state index contributed by atoms with van der Waals surface area (Å²) >= 11 is 6.72. The third kappa shape index (κ3) is 7.90. The number of halogens is 2. The summed E-state index contributed by atoms with van der Waals surface area (Å²) < 4.78 is 13.1. The maximum absolute atomic E-state index is 13.3. The highest BCUT2D eigenvalue weighted by Crippen LogP contribution is 2.28. The van der Waals surface area contributed by atoms with Gasteiger partial charge in [0, 0.05) is 37.5 Å². The fourth-order valence-electron chi connectivity index (χ4n) is 4.82. The van der Waals surface area contributed by atoms with Gasteiger partial charge in [0.2, 0.25) is 5.91 Å². The molecule has 3 N–H and O–H groups in total. The second-order valence-corrected chi connectivity index (χ2v) is 11.4. The van der Waals surface area contributed by atoms with E-state index < -0.39 is 17.8 Å². The third-order valence-electron chi connectivity index (χ3n) is 6.79. The van der Waals surface area contributed by atoms with Gasteiger partial charge in [-0.3, -0.25) is 14.4 Å². The summed E-state index contributed by atoms with van der Waals surface area (Å²) in [6.07, 6.45) is 4.33. The Bertz CT molecular complexity index is 1210. The Balaban J connectivity index is 0.00000420. The zero-order chi connectivity index (χ0) is 27.4. The molecule has 0 saturated heterocycles. The van der Waals surface area contributed by atoms with E-state index in [9.17, 15) is 18.8 Å². The molecule has 1 aliphatic carbocycles. The second kappa shape index (κ2) is 13.6. The van der Waals surface area contributed by atoms with E-state index in [1.807, 2.05) is 0 Å². The van der Waals surface area contributed by atoms with Crippen LogP contribution in [0.1, 0.15) is 46.1 Å². The van der Waals surface area contributed by atoms with Gasteiger partial charge in [-0.25, -0.2) is 14.4 Å². The van der Waals surface area contributed by atoms with Crippen LogP contribution in [0.3, 0.4) is 0 Å². The number of nitrogens with one attached hydrogen (secondary N) is 3. The van der Waals surface area contributed by atoms with Crippen LogP contribution >= 0.6 is 36.0 Å². The number of pyridine rings is 1. The minimum absolute atomic E-state index is 0. The fourth-order valence-corrected chi connectivity index (χ4v) is 6.11. The van der Waals surface area contributed by atoms with Crippen molar-refractivity contribution >= 4 is 64.5 Å². The number of hydrogen-bond acceptors (Lipinski definition) is 8. The van der Waals surface area contributed by atoms with Crippen LogP contribution in [-0.2, 0) is 22.6 Å². The number of carbonyl (C=O) groups excluding carboxylic acids is 3. The summed E-state index contributed by atoms with van der Waals surface area (Å²) in [7, 11) is 5.48. The highest BCUT2D eigenvalue weighted by atomic mass is 35.5. The van der Waals surface area contributed by atoms with Gasteiger partial charge in [0.1, 0.15) is 11.6 Å². The summed E-state index contributed by atoms with van der Waals surface area (Å²) in [4.78, 5) is 51.9. The highest BCUT2D eigenvalue weighted by molar-refractivity contribution is 7.82. The van der Waals surface area contributed by atoms with Crippen LogP contribution in [-0.4, -0.2) is 82.2 Å². The number of aromatic nitrogens is 2. The molecule has 3 heterocycles. The second-order valence-electron chi connectivity index (χ2n) is 9.95. The standard InChI is InChI=1S/C25H32FN7O3S2.ClH/c1-32(2)25(36)14-6-8-16(29-23(37)21(34)31-20-9-7-15(26)12-27-20)18(11-14)28-22(35)24-30-17-5-4-10-33(3)13-19(17)38-24;/h7,9,12,14,16,18H,4-6,8,10-11,13H2,1-3H3,(H,28,35)(H,29,37)(H,27,31,34);1H/t14-,16-,18+;/m0./s1. The van der Waals surface area contributed by atoms with Crippen molar-refractivity contribution in [1.82, 2.24) is 30.4 Å². The average molecular weight is 598 g/mol. The number of hydrogen-bond donors (Lipinski definition) is 3. The number of thiazole rings is 1. The predicted molar refractivity (Wildman–Crippen MR) is 154 cm³/mol. The normalized spacial score (nSPS) is 21.0. The summed E-state index contributed by atoms with van der Waals surface area (Å²) in [5.41, 5.74) is 0.968. The van der Waals surface area contributed by atoms with Crippen molar-refractivity contribution < 1.29 is 18.8 Å². The van der Waals surface area contributed by atoms with Crippen LogP contribution in [0.15, 0.2) is 18.3 Å². The lowest BCUT2D eigenvalue weighted by atomic mass is 9.81. The molecule has 10 nitrogen and oxygen atoms in total. The lowest BCUT2D eigenvalue weighted by Crippen LogP contribution is -2.56. The molecular formula is C25H33ClFN7O3S2. The first-order valence-electron chi connectivity index (χ1n) is 12.5. The molecule has 0 radical (unpaired) electrons. The highest BCUT2D eigenvalue weighted by Gasteiger charge is 2.37. The number of aryl methyl sites for hydroxylation is 1. The number of nitrogens with zero attached hydrogens (tertiary/aromatic N) is 4. The molecule has 212 valence electrons. The molecule has 2 aromatic heterocycles. The molecule has 1 saturated carbocycles. The summed E-state index contributed by atoms with van der Waals surface area (Å²) in [5.74, 6) is -1.51. The number of carbonyl (C=O) groups is 3. The van der Waals surface area contributed by atoms with Crippen LogP contribution in [0, 0.1) is 11.7 Å². The van der Waals surface area contributed by atoms with E-state index in [0.717, 1.165) is 42.7 Å².